The first-order valence-electron chi connectivity index (χ1n) is 5.56. The van der Waals surface area contributed by atoms with Crippen molar-refractivity contribution in [1.82, 2.24) is 9.97 Å². The van der Waals surface area contributed by atoms with Gasteiger partial charge in [0, 0.05) is 5.69 Å². The molecular weight excluding hydrogens is 284 g/mol. The highest BCUT2D eigenvalue weighted by molar-refractivity contribution is 7.71. The Morgan fingerprint density at radius 2 is 2.05 bits per heavy atom. The van der Waals surface area contributed by atoms with Crippen molar-refractivity contribution in [3.8, 4) is 0 Å². The molecule has 0 bridgehead atoms. The van der Waals surface area contributed by atoms with Gasteiger partial charge in [-0.3, -0.25) is 0 Å². The summed E-state index contributed by atoms with van der Waals surface area (Å²) in [4.78, 5) is 6.75. The Balaban J connectivity index is 2.66. The molecule has 0 atom stereocenters. The van der Waals surface area contributed by atoms with Crippen LogP contribution in [0.1, 0.15) is 31.3 Å². The van der Waals surface area contributed by atoms with Crippen LogP contribution in [-0.2, 0) is 11.3 Å². The summed E-state index contributed by atoms with van der Waals surface area (Å²) >= 11 is 4.92. The van der Waals surface area contributed by atoms with Gasteiger partial charge < -0.3 is 9.72 Å². The van der Waals surface area contributed by atoms with E-state index in [2.05, 4.69) is 14.7 Å². The average Bonchev–Trinajstić information content (AvgIpc) is 2.27. The normalized spacial score (nSPS) is 12.4. The Bertz CT molecular complexity index is 476. The maximum absolute atomic E-state index is 12.6. The first-order chi connectivity index (χ1) is 8.72. The zero-order chi connectivity index (χ0) is 14.6. The summed E-state index contributed by atoms with van der Waals surface area (Å²) in [5, 5.41) is 0. The fourth-order valence-corrected chi connectivity index (χ4v) is 1.49. The van der Waals surface area contributed by atoms with Gasteiger partial charge in [0.2, 0.25) is 0 Å². The van der Waals surface area contributed by atoms with Crippen LogP contribution >= 0.6 is 12.2 Å². The lowest BCUT2D eigenvalue weighted by atomic mass is 10.1. The molecule has 0 radical (unpaired) electrons. The summed E-state index contributed by atoms with van der Waals surface area (Å²) < 4.78 is 53.9. The number of rotatable bonds is 6. The Morgan fingerprint density at radius 3 is 2.58 bits per heavy atom. The summed E-state index contributed by atoms with van der Waals surface area (Å²) in [5.74, 6) is -3.78. The maximum atomic E-state index is 12.6. The third kappa shape index (κ3) is 4.87. The first kappa shape index (κ1) is 16.0. The van der Waals surface area contributed by atoms with Crippen LogP contribution in [0.5, 0.6) is 0 Å². The van der Waals surface area contributed by atoms with Crippen molar-refractivity contribution in [1.29, 1.82) is 0 Å². The molecule has 1 heterocycles. The van der Waals surface area contributed by atoms with Crippen molar-refractivity contribution in [3.05, 3.63) is 22.2 Å². The highest BCUT2D eigenvalue weighted by Gasteiger charge is 2.40. The molecule has 0 aliphatic heterocycles. The number of aromatic nitrogens is 2. The molecule has 0 amide bonds. The second kappa shape index (κ2) is 6.42. The Morgan fingerprint density at radius 1 is 1.42 bits per heavy atom. The van der Waals surface area contributed by atoms with Gasteiger partial charge in [-0.1, -0.05) is 26.1 Å². The van der Waals surface area contributed by atoms with E-state index >= 15 is 0 Å². The van der Waals surface area contributed by atoms with Gasteiger partial charge in [0.05, 0.1) is 0 Å². The summed E-state index contributed by atoms with van der Waals surface area (Å²) in [6.07, 6.45) is -3.75. The lowest BCUT2D eigenvalue weighted by Gasteiger charge is -2.15. The van der Waals surface area contributed by atoms with Gasteiger partial charge in [0.15, 0.2) is 0 Å². The van der Waals surface area contributed by atoms with Crippen LogP contribution < -0.4 is 0 Å². The Labute approximate surface area is 113 Å². The number of hydrogen-bond donors (Lipinski definition) is 1. The number of aromatic amines is 1. The first-order valence-corrected chi connectivity index (χ1v) is 5.97. The number of hydrogen-bond acceptors (Lipinski definition) is 3. The molecule has 1 aromatic heterocycles. The second-order valence-electron chi connectivity index (χ2n) is 4.33. The highest BCUT2D eigenvalue weighted by atomic mass is 32.1. The van der Waals surface area contributed by atoms with Gasteiger partial charge in [-0.15, -0.1) is 0 Å². The fourth-order valence-electron chi connectivity index (χ4n) is 1.26. The third-order valence-electron chi connectivity index (χ3n) is 2.29. The minimum Gasteiger partial charge on any atom is -0.367 e. The largest absolute Gasteiger partial charge is 0.367 e. The molecule has 8 heteroatoms. The number of nitrogens with one attached hydrogen (secondary N) is 1. The van der Waals surface area contributed by atoms with E-state index in [-0.39, 0.29) is 18.3 Å². The lowest BCUT2D eigenvalue weighted by molar-refractivity contribution is -0.168. The van der Waals surface area contributed by atoms with Crippen LogP contribution in [0.25, 0.3) is 0 Å². The molecular formula is C11H14F4N2OS. The lowest BCUT2D eigenvalue weighted by Crippen LogP contribution is -2.32. The van der Waals surface area contributed by atoms with Crippen LogP contribution in [0.15, 0.2) is 6.07 Å². The number of nitrogens with zero attached hydrogens (tertiary/aromatic N) is 1. The summed E-state index contributed by atoms with van der Waals surface area (Å²) in [7, 11) is 0. The topological polar surface area (TPSA) is 37.9 Å². The van der Waals surface area contributed by atoms with E-state index in [9.17, 15) is 17.6 Å². The van der Waals surface area contributed by atoms with Crippen molar-refractivity contribution >= 4 is 12.2 Å². The van der Waals surface area contributed by atoms with Crippen molar-refractivity contribution in [2.24, 2.45) is 0 Å². The van der Waals surface area contributed by atoms with Crippen molar-refractivity contribution in [2.75, 3.05) is 6.61 Å². The molecule has 3 nitrogen and oxygen atoms in total. The molecule has 0 fully saturated rings. The smallest absolute Gasteiger partial charge is 0.330 e. The van der Waals surface area contributed by atoms with E-state index in [1.54, 1.807) is 6.07 Å². The zero-order valence-electron chi connectivity index (χ0n) is 10.4. The number of halogens is 4. The Hall–Kier alpha value is -1.02. The van der Waals surface area contributed by atoms with Crippen LogP contribution in [0.3, 0.4) is 0 Å². The van der Waals surface area contributed by atoms with Gasteiger partial charge in [0.1, 0.15) is 23.7 Å². The van der Waals surface area contributed by atoms with Crippen LogP contribution in [0.4, 0.5) is 17.6 Å². The van der Waals surface area contributed by atoms with Crippen molar-refractivity contribution in [3.63, 3.8) is 0 Å². The summed E-state index contributed by atoms with van der Waals surface area (Å²) in [6.45, 7) is 2.14. The van der Waals surface area contributed by atoms with Gasteiger partial charge in [-0.2, -0.15) is 8.78 Å². The van der Waals surface area contributed by atoms with Crippen LogP contribution in [0, 0.1) is 4.64 Å². The molecule has 1 N–H and O–H groups in total. The Kier molecular flexibility index (Phi) is 5.42. The molecule has 0 saturated heterocycles. The van der Waals surface area contributed by atoms with E-state index in [4.69, 9.17) is 12.2 Å². The standard InChI is InChI=1S/C11H14F4N2OS/c1-6(2)7-3-9(19)17-8(16-7)4-18-5-11(14,15)10(12)13/h3,6,10H,4-5H2,1-2H3,(H,16,17,19). The number of alkyl halides is 4. The molecule has 1 aromatic rings. The molecule has 0 unspecified atom stereocenters. The van der Waals surface area contributed by atoms with Gasteiger partial charge in [-0.05, 0) is 12.0 Å². The minimum atomic E-state index is -4.16. The molecule has 19 heavy (non-hydrogen) atoms. The fraction of sp³-hybridized carbons (Fsp3) is 0.636. The molecule has 0 aromatic carbocycles. The predicted molar refractivity (Wildman–Crippen MR) is 64.1 cm³/mol. The van der Waals surface area contributed by atoms with Crippen molar-refractivity contribution in [2.45, 2.75) is 38.7 Å². The van der Waals surface area contributed by atoms with Crippen LogP contribution in [-0.4, -0.2) is 28.9 Å². The number of H-pyrrole nitrogens is 1. The van der Waals surface area contributed by atoms with E-state index in [0.717, 1.165) is 5.69 Å². The van der Waals surface area contributed by atoms with Gasteiger partial charge >= 0.3 is 12.3 Å². The summed E-state index contributed by atoms with van der Waals surface area (Å²) in [5.41, 5.74) is 0.777. The van der Waals surface area contributed by atoms with E-state index < -0.39 is 19.0 Å². The SMILES string of the molecule is CC(C)c1cc(=S)nc(COCC(F)(F)C(F)F)[nH]1. The summed E-state index contributed by atoms with van der Waals surface area (Å²) in [6, 6.07) is 1.65. The third-order valence-corrected chi connectivity index (χ3v) is 2.50. The van der Waals surface area contributed by atoms with Gasteiger partial charge in [0.25, 0.3) is 0 Å². The molecule has 108 valence electrons. The second-order valence-corrected chi connectivity index (χ2v) is 4.75. The molecule has 0 aliphatic carbocycles. The molecule has 0 aliphatic rings. The van der Waals surface area contributed by atoms with E-state index in [0.29, 0.717) is 4.64 Å². The minimum absolute atomic E-state index is 0.144. The molecule has 0 saturated carbocycles. The monoisotopic (exact) mass is 298 g/mol. The molecule has 0 spiro atoms. The quantitative estimate of drug-likeness (QED) is 0.643. The number of ether oxygens (including phenoxy) is 1. The average molecular weight is 298 g/mol. The van der Waals surface area contributed by atoms with E-state index in [1.807, 2.05) is 13.8 Å². The van der Waals surface area contributed by atoms with Crippen molar-refractivity contribution < 1.29 is 22.3 Å². The predicted octanol–water partition coefficient (Wildman–Crippen LogP) is 3.68. The highest BCUT2D eigenvalue weighted by Crippen LogP contribution is 2.23. The zero-order valence-corrected chi connectivity index (χ0v) is 11.2. The van der Waals surface area contributed by atoms with Crippen LogP contribution in [0.2, 0.25) is 0 Å². The van der Waals surface area contributed by atoms with E-state index in [1.165, 1.54) is 0 Å². The van der Waals surface area contributed by atoms with Gasteiger partial charge in [-0.25, -0.2) is 13.8 Å². The molecule has 1 rings (SSSR count). The maximum Gasteiger partial charge on any atom is 0.330 e.